The summed E-state index contributed by atoms with van der Waals surface area (Å²) in [5.74, 6) is -0.0365. The summed E-state index contributed by atoms with van der Waals surface area (Å²) < 4.78 is 1.04. The summed E-state index contributed by atoms with van der Waals surface area (Å²) in [6.45, 7) is 1.41. The fourth-order valence-corrected chi connectivity index (χ4v) is 2.12. The van der Waals surface area contributed by atoms with Crippen LogP contribution in [0.25, 0.3) is 10.2 Å². The highest BCUT2D eigenvalue weighted by Gasteiger charge is 2.06. The largest absolute Gasteiger partial charge is 0.351 e. The molecule has 2 rings (SSSR count). The highest BCUT2D eigenvalue weighted by molar-refractivity contribution is 7.16. The van der Waals surface area contributed by atoms with Gasteiger partial charge in [0.15, 0.2) is 0 Å². The number of carbonyl (C=O) groups excluding carboxylic acids is 1. The molecule has 0 spiro atoms. The summed E-state index contributed by atoms with van der Waals surface area (Å²) in [6, 6.07) is 5.55. The van der Waals surface area contributed by atoms with Crippen molar-refractivity contribution in [3.8, 4) is 0 Å². The molecule has 0 saturated carbocycles. The molecule has 100 valence electrons. The topological polar surface area (TPSA) is 54.0 Å². The Kier molecular flexibility index (Phi) is 7.86. The van der Waals surface area contributed by atoms with Crippen molar-refractivity contribution in [2.24, 2.45) is 0 Å². The molecule has 1 heterocycles. The Morgan fingerprint density at radius 1 is 1.33 bits per heavy atom. The summed E-state index contributed by atoms with van der Waals surface area (Å²) in [6.07, 6.45) is 0. The first-order valence-corrected chi connectivity index (χ1v) is 5.95. The first-order chi connectivity index (χ1) is 7.81. The summed E-state index contributed by atoms with van der Waals surface area (Å²) in [7, 11) is 1.86. The van der Waals surface area contributed by atoms with Crippen molar-refractivity contribution >= 4 is 52.3 Å². The fraction of sp³-hybridized carbons (Fsp3) is 0.273. The van der Waals surface area contributed by atoms with Crippen LogP contribution in [-0.2, 0) is 0 Å². The maximum atomic E-state index is 11.7. The third-order valence-electron chi connectivity index (χ3n) is 2.25. The number of aromatic nitrogens is 1. The first kappa shape index (κ1) is 17.1. The molecule has 0 aliphatic rings. The average Bonchev–Trinajstić information content (AvgIpc) is 2.76. The number of likely N-dealkylation sites (N-methyl/N-ethyl adjacent to an activating group) is 1. The SMILES string of the molecule is CNCCNC(=O)c1ccc2ncsc2c1.Cl.Cl. The lowest BCUT2D eigenvalue weighted by Gasteiger charge is -2.04. The van der Waals surface area contributed by atoms with E-state index in [1.54, 1.807) is 22.9 Å². The minimum atomic E-state index is -0.0365. The van der Waals surface area contributed by atoms with E-state index in [2.05, 4.69) is 15.6 Å². The van der Waals surface area contributed by atoms with Gasteiger partial charge in [-0.3, -0.25) is 4.79 Å². The monoisotopic (exact) mass is 307 g/mol. The predicted octanol–water partition coefficient (Wildman–Crippen LogP) is 2.09. The number of hydrogen-bond donors (Lipinski definition) is 2. The van der Waals surface area contributed by atoms with Gasteiger partial charge in [0.2, 0.25) is 0 Å². The molecule has 0 aliphatic heterocycles. The van der Waals surface area contributed by atoms with E-state index in [-0.39, 0.29) is 30.7 Å². The van der Waals surface area contributed by atoms with E-state index in [9.17, 15) is 4.79 Å². The van der Waals surface area contributed by atoms with Crippen molar-refractivity contribution in [3.63, 3.8) is 0 Å². The van der Waals surface area contributed by atoms with Gasteiger partial charge >= 0.3 is 0 Å². The number of carbonyl (C=O) groups is 1. The van der Waals surface area contributed by atoms with Gasteiger partial charge in [0, 0.05) is 18.7 Å². The molecule has 0 aliphatic carbocycles. The van der Waals surface area contributed by atoms with Gasteiger partial charge in [-0.05, 0) is 25.2 Å². The second-order valence-electron chi connectivity index (χ2n) is 3.39. The van der Waals surface area contributed by atoms with Gasteiger partial charge in [0.25, 0.3) is 5.91 Å². The molecule has 2 N–H and O–H groups in total. The normalized spacial score (nSPS) is 9.39. The van der Waals surface area contributed by atoms with E-state index in [4.69, 9.17) is 0 Å². The van der Waals surface area contributed by atoms with E-state index in [1.165, 1.54) is 0 Å². The molecule has 1 aromatic heterocycles. The Balaban J connectivity index is 0.00000144. The Morgan fingerprint density at radius 2 is 2.11 bits per heavy atom. The standard InChI is InChI=1S/C11H13N3OS.2ClH/c1-12-4-5-13-11(15)8-2-3-9-10(6-8)16-7-14-9;;/h2-3,6-7,12H,4-5H2,1H3,(H,13,15);2*1H. The number of thiazole rings is 1. The van der Waals surface area contributed by atoms with Crippen molar-refractivity contribution < 1.29 is 4.79 Å². The maximum absolute atomic E-state index is 11.7. The van der Waals surface area contributed by atoms with Gasteiger partial charge in [-0.1, -0.05) is 0 Å². The molecule has 2 aromatic rings. The molecule has 0 radical (unpaired) electrons. The van der Waals surface area contributed by atoms with E-state index >= 15 is 0 Å². The molecule has 0 atom stereocenters. The number of nitrogens with one attached hydrogen (secondary N) is 2. The number of halogens is 2. The van der Waals surface area contributed by atoms with E-state index < -0.39 is 0 Å². The Hall–Kier alpha value is -0.880. The van der Waals surface area contributed by atoms with Gasteiger partial charge < -0.3 is 10.6 Å². The van der Waals surface area contributed by atoms with Crippen LogP contribution in [-0.4, -0.2) is 31.0 Å². The summed E-state index contributed by atoms with van der Waals surface area (Å²) >= 11 is 1.54. The summed E-state index contributed by atoms with van der Waals surface area (Å²) in [5, 5.41) is 5.82. The molecule has 18 heavy (non-hydrogen) atoms. The minimum Gasteiger partial charge on any atom is -0.351 e. The van der Waals surface area contributed by atoms with Crippen LogP contribution in [0.15, 0.2) is 23.7 Å². The zero-order valence-electron chi connectivity index (χ0n) is 9.80. The minimum absolute atomic E-state index is 0. The molecule has 1 aromatic carbocycles. The second-order valence-corrected chi connectivity index (χ2v) is 4.28. The molecule has 0 bridgehead atoms. The Morgan fingerprint density at radius 3 is 2.83 bits per heavy atom. The molecule has 0 saturated heterocycles. The Labute approximate surface area is 122 Å². The van der Waals surface area contributed by atoms with Gasteiger partial charge in [-0.25, -0.2) is 4.98 Å². The lowest BCUT2D eigenvalue weighted by Crippen LogP contribution is -2.30. The number of fused-ring (bicyclic) bond motifs is 1. The van der Waals surface area contributed by atoms with Gasteiger partial charge in [-0.2, -0.15) is 0 Å². The lowest BCUT2D eigenvalue weighted by molar-refractivity contribution is 0.0954. The third kappa shape index (κ3) is 4.10. The molecule has 4 nitrogen and oxygen atoms in total. The van der Waals surface area contributed by atoms with Crippen LogP contribution < -0.4 is 10.6 Å². The van der Waals surface area contributed by atoms with Crippen LogP contribution in [0.2, 0.25) is 0 Å². The van der Waals surface area contributed by atoms with Gasteiger partial charge in [0.1, 0.15) is 0 Å². The molecular weight excluding hydrogens is 293 g/mol. The second kappa shape index (κ2) is 8.26. The zero-order valence-corrected chi connectivity index (χ0v) is 12.3. The Bertz CT molecular complexity index is 504. The highest BCUT2D eigenvalue weighted by Crippen LogP contribution is 2.18. The molecule has 0 fully saturated rings. The van der Waals surface area contributed by atoms with Crippen LogP contribution in [0.1, 0.15) is 10.4 Å². The quantitative estimate of drug-likeness (QED) is 0.851. The van der Waals surface area contributed by atoms with Crippen LogP contribution in [0.3, 0.4) is 0 Å². The average molecular weight is 308 g/mol. The van der Waals surface area contributed by atoms with Crippen molar-refractivity contribution in [1.29, 1.82) is 0 Å². The summed E-state index contributed by atoms with van der Waals surface area (Å²) in [5.41, 5.74) is 3.41. The van der Waals surface area contributed by atoms with Crippen molar-refractivity contribution in [2.45, 2.75) is 0 Å². The number of amides is 1. The third-order valence-corrected chi connectivity index (χ3v) is 3.05. The highest BCUT2D eigenvalue weighted by atomic mass is 35.5. The van der Waals surface area contributed by atoms with Crippen LogP contribution in [0, 0.1) is 0 Å². The maximum Gasteiger partial charge on any atom is 0.251 e. The molecule has 7 heteroatoms. The molecule has 1 amide bonds. The van der Waals surface area contributed by atoms with Crippen LogP contribution >= 0.6 is 36.2 Å². The number of rotatable bonds is 4. The predicted molar refractivity (Wildman–Crippen MR) is 80.4 cm³/mol. The van der Waals surface area contributed by atoms with Crippen molar-refractivity contribution in [3.05, 3.63) is 29.3 Å². The number of benzene rings is 1. The van der Waals surface area contributed by atoms with E-state index in [0.717, 1.165) is 16.8 Å². The molecular formula is C11H15Cl2N3OS. The van der Waals surface area contributed by atoms with Gasteiger partial charge in [-0.15, -0.1) is 36.2 Å². The van der Waals surface area contributed by atoms with E-state index in [1.807, 2.05) is 19.2 Å². The van der Waals surface area contributed by atoms with Crippen LogP contribution in [0.5, 0.6) is 0 Å². The summed E-state index contributed by atoms with van der Waals surface area (Å²) in [4.78, 5) is 15.9. The van der Waals surface area contributed by atoms with Gasteiger partial charge in [0.05, 0.1) is 15.7 Å². The van der Waals surface area contributed by atoms with Crippen LogP contribution in [0.4, 0.5) is 0 Å². The molecule has 0 unspecified atom stereocenters. The fourth-order valence-electron chi connectivity index (χ4n) is 1.40. The first-order valence-electron chi connectivity index (χ1n) is 5.07. The smallest absolute Gasteiger partial charge is 0.251 e. The van der Waals surface area contributed by atoms with Crippen molar-refractivity contribution in [1.82, 2.24) is 15.6 Å². The zero-order chi connectivity index (χ0) is 11.4. The lowest BCUT2D eigenvalue weighted by atomic mass is 10.2. The van der Waals surface area contributed by atoms with E-state index in [0.29, 0.717) is 12.1 Å². The number of hydrogen-bond acceptors (Lipinski definition) is 4. The number of nitrogens with zero attached hydrogens (tertiary/aromatic N) is 1. The van der Waals surface area contributed by atoms with Crippen molar-refractivity contribution in [2.75, 3.05) is 20.1 Å².